The highest BCUT2D eigenvalue weighted by Crippen LogP contribution is 2.23. The first-order valence-electron chi connectivity index (χ1n) is 7.09. The molecule has 0 saturated carbocycles. The van der Waals surface area contributed by atoms with Crippen LogP contribution >= 0.6 is 11.8 Å². The summed E-state index contributed by atoms with van der Waals surface area (Å²) in [6.07, 6.45) is 0. The van der Waals surface area contributed by atoms with Crippen molar-refractivity contribution in [3.8, 4) is 11.3 Å². The minimum atomic E-state index is -0.832. The van der Waals surface area contributed by atoms with E-state index in [1.807, 2.05) is 43.3 Å². The number of aryl methyl sites for hydroxylation is 1. The van der Waals surface area contributed by atoms with Crippen LogP contribution in [0.3, 0.4) is 0 Å². The Labute approximate surface area is 137 Å². The average molecular weight is 328 g/mol. The van der Waals surface area contributed by atoms with Gasteiger partial charge in [0, 0.05) is 11.3 Å². The van der Waals surface area contributed by atoms with Crippen LogP contribution < -0.4 is 0 Å². The minimum absolute atomic E-state index is 0.510. The molecule has 1 heterocycles. The van der Waals surface area contributed by atoms with Crippen molar-refractivity contribution in [3.63, 3.8) is 0 Å². The van der Waals surface area contributed by atoms with Crippen LogP contribution in [0.15, 0.2) is 59.6 Å². The number of halogens is 2. The first kappa shape index (κ1) is 15.6. The summed E-state index contributed by atoms with van der Waals surface area (Å²) >= 11 is 1.43. The van der Waals surface area contributed by atoms with Crippen LogP contribution in [0.4, 0.5) is 8.78 Å². The van der Waals surface area contributed by atoms with Gasteiger partial charge in [-0.2, -0.15) is 0 Å². The zero-order valence-corrected chi connectivity index (χ0v) is 13.3. The summed E-state index contributed by atoms with van der Waals surface area (Å²) in [6, 6.07) is 15.8. The molecule has 0 N–H and O–H groups in total. The van der Waals surface area contributed by atoms with Gasteiger partial charge in [0.2, 0.25) is 0 Å². The van der Waals surface area contributed by atoms with E-state index in [1.54, 1.807) is 6.07 Å². The summed E-state index contributed by atoms with van der Waals surface area (Å²) in [5, 5.41) is 9.14. The van der Waals surface area contributed by atoms with Gasteiger partial charge in [-0.05, 0) is 36.8 Å². The molecule has 0 bridgehead atoms. The first-order chi connectivity index (χ1) is 11.1. The summed E-state index contributed by atoms with van der Waals surface area (Å²) in [7, 11) is 0. The predicted molar refractivity (Wildman–Crippen MR) is 88.1 cm³/mol. The summed E-state index contributed by atoms with van der Waals surface area (Å²) in [5.41, 5.74) is 3.72. The molecule has 0 aliphatic rings. The zero-order chi connectivity index (χ0) is 16.2. The number of aromatic nitrogens is 2. The largest absolute Gasteiger partial charge is 0.204 e. The molecule has 5 heteroatoms. The molecule has 3 rings (SSSR count). The molecule has 2 aromatic carbocycles. The van der Waals surface area contributed by atoms with Crippen molar-refractivity contribution >= 4 is 11.8 Å². The summed E-state index contributed by atoms with van der Waals surface area (Å²) in [4.78, 5) is 0. The van der Waals surface area contributed by atoms with Crippen molar-refractivity contribution in [2.24, 2.45) is 0 Å². The number of hydrogen-bond acceptors (Lipinski definition) is 3. The Morgan fingerprint density at radius 1 is 0.870 bits per heavy atom. The van der Waals surface area contributed by atoms with E-state index in [9.17, 15) is 8.78 Å². The third-order valence-corrected chi connectivity index (χ3v) is 4.35. The molecule has 2 nitrogen and oxygen atoms in total. The fourth-order valence-electron chi connectivity index (χ4n) is 2.06. The average Bonchev–Trinajstić information content (AvgIpc) is 2.57. The third kappa shape index (κ3) is 3.93. The Hall–Kier alpha value is -2.27. The number of rotatable bonds is 4. The van der Waals surface area contributed by atoms with Crippen LogP contribution in [0.5, 0.6) is 0 Å². The van der Waals surface area contributed by atoms with Gasteiger partial charge in [0.15, 0.2) is 11.6 Å². The van der Waals surface area contributed by atoms with Gasteiger partial charge in [0.25, 0.3) is 0 Å². The molecule has 23 heavy (non-hydrogen) atoms. The second-order valence-electron chi connectivity index (χ2n) is 5.16. The van der Waals surface area contributed by atoms with E-state index in [4.69, 9.17) is 0 Å². The van der Waals surface area contributed by atoms with E-state index in [-0.39, 0.29) is 0 Å². The lowest BCUT2D eigenvalue weighted by molar-refractivity contribution is 0.507. The Kier molecular flexibility index (Phi) is 4.67. The topological polar surface area (TPSA) is 25.8 Å². The lowest BCUT2D eigenvalue weighted by Gasteiger charge is -2.04. The summed E-state index contributed by atoms with van der Waals surface area (Å²) in [6.45, 7) is 2.04. The summed E-state index contributed by atoms with van der Waals surface area (Å²) in [5.74, 6) is -1.15. The molecule has 0 aliphatic heterocycles. The maximum atomic E-state index is 13.2. The highest BCUT2D eigenvalue weighted by Gasteiger charge is 2.05. The van der Waals surface area contributed by atoms with Crippen molar-refractivity contribution in [1.29, 1.82) is 0 Å². The van der Waals surface area contributed by atoms with Crippen LogP contribution in [0, 0.1) is 18.6 Å². The minimum Gasteiger partial charge on any atom is -0.204 e. The van der Waals surface area contributed by atoms with Crippen molar-refractivity contribution in [3.05, 3.63) is 77.4 Å². The predicted octanol–water partition coefficient (Wildman–Crippen LogP) is 5.02. The monoisotopic (exact) mass is 328 g/mol. The Morgan fingerprint density at radius 2 is 1.65 bits per heavy atom. The van der Waals surface area contributed by atoms with Crippen molar-refractivity contribution < 1.29 is 8.78 Å². The molecule has 0 aliphatic carbocycles. The van der Waals surface area contributed by atoms with Gasteiger partial charge in [-0.3, -0.25) is 0 Å². The molecule has 0 radical (unpaired) electrons. The van der Waals surface area contributed by atoms with E-state index >= 15 is 0 Å². The molecule has 0 saturated heterocycles. The lowest BCUT2D eigenvalue weighted by Crippen LogP contribution is -1.91. The third-order valence-electron chi connectivity index (χ3n) is 3.36. The second-order valence-corrected chi connectivity index (χ2v) is 6.16. The highest BCUT2D eigenvalue weighted by atomic mass is 32.2. The van der Waals surface area contributed by atoms with Gasteiger partial charge < -0.3 is 0 Å². The molecule has 1 aromatic heterocycles. The fourth-order valence-corrected chi connectivity index (χ4v) is 2.82. The number of benzene rings is 2. The molecular weight excluding hydrogens is 314 g/mol. The maximum Gasteiger partial charge on any atom is 0.159 e. The summed E-state index contributed by atoms with van der Waals surface area (Å²) < 4.78 is 26.1. The molecule has 0 fully saturated rings. The van der Waals surface area contributed by atoms with Gasteiger partial charge in [0.1, 0.15) is 5.03 Å². The lowest BCUT2D eigenvalue weighted by atomic mass is 10.1. The normalized spacial score (nSPS) is 10.7. The number of thioether (sulfide) groups is 1. The standard InChI is InChI=1S/C18H14F2N2S/c1-12-2-5-14(6-3-12)17-8-9-18(22-21-17)23-11-13-4-7-15(19)16(20)10-13/h2-10H,11H2,1H3. The molecule has 0 unspecified atom stereocenters. The van der Waals surface area contributed by atoms with Gasteiger partial charge in [-0.15, -0.1) is 10.2 Å². The quantitative estimate of drug-likeness (QED) is 0.629. The van der Waals surface area contributed by atoms with Gasteiger partial charge in [-0.1, -0.05) is 47.7 Å². The highest BCUT2D eigenvalue weighted by molar-refractivity contribution is 7.98. The molecule has 0 amide bonds. The van der Waals surface area contributed by atoms with Gasteiger partial charge in [0.05, 0.1) is 5.69 Å². The number of hydrogen-bond donors (Lipinski definition) is 0. The smallest absolute Gasteiger partial charge is 0.159 e. The van der Waals surface area contributed by atoms with Crippen LogP contribution in [-0.4, -0.2) is 10.2 Å². The zero-order valence-electron chi connectivity index (χ0n) is 12.5. The Bertz CT molecular complexity index is 802. The first-order valence-corrected chi connectivity index (χ1v) is 8.08. The van der Waals surface area contributed by atoms with Crippen LogP contribution in [-0.2, 0) is 5.75 Å². The fraction of sp³-hybridized carbons (Fsp3) is 0.111. The molecule has 0 atom stereocenters. The molecular formula is C18H14F2N2S. The van der Waals surface area contributed by atoms with Crippen LogP contribution in [0.1, 0.15) is 11.1 Å². The van der Waals surface area contributed by atoms with E-state index < -0.39 is 11.6 Å². The van der Waals surface area contributed by atoms with E-state index in [1.165, 1.54) is 23.4 Å². The Balaban J connectivity index is 1.67. The van der Waals surface area contributed by atoms with E-state index in [0.29, 0.717) is 11.3 Å². The van der Waals surface area contributed by atoms with Crippen molar-refractivity contribution in [2.45, 2.75) is 17.7 Å². The van der Waals surface area contributed by atoms with Gasteiger partial charge in [-0.25, -0.2) is 8.78 Å². The SMILES string of the molecule is Cc1ccc(-c2ccc(SCc3ccc(F)c(F)c3)nn2)cc1. The van der Waals surface area contributed by atoms with Crippen LogP contribution in [0.25, 0.3) is 11.3 Å². The van der Waals surface area contributed by atoms with E-state index in [0.717, 1.165) is 22.3 Å². The molecule has 116 valence electrons. The van der Waals surface area contributed by atoms with E-state index in [2.05, 4.69) is 10.2 Å². The van der Waals surface area contributed by atoms with Crippen molar-refractivity contribution in [2.75, 3.05) is 0 Å². The number of nitrogens with zero attached hydrogens (tertiary/aromatic N) is 2. The second kappa shape index (κ2) is 6.87. The molecule has 0 spiro atoms. The van der Waals surface area contributed by atoms with Gasteiger partial charge >= 0.3 is 0 Å². The maximum absolute atomic E-state index is 13.2. The molecule has 3 aromatic rings. The Morgan fingerprint density at radius 3 is 2.30 bits per heavy atom. The van der Waals surface area contributed by atoms with Crippen molar-refractivity contribution in [1.82, 2.24) is 10.2 Å². The van der Waals surface area contributed by atoms with Crippen LogP contribution in [0.2, 0.25) is 0 Å².